The number of benzene rings is 1. The van der Waals surface area contributed by atoms with Gasteiger partial charge in [-0.3, -0.25) is 4.79 Å². The van der Waals surface area contributed by atoms with Crippen LogP contribution in [0.3, 0.4) is 0 Å². The van der Waals surface area contributed by atoms with Crippen molar-refractivity contribution >= 4 is 27.7 Å². The van der Waals surface area contributed by atoms with Gasteiger partial charge >= 0.3 is 5.97 Å². The Bertz CT molecular complexity index is 1080. The summed E-state index contributed by atoms with van der Waals surface area (Å²) in [4.78, 5) is 26.9. The van der Waals surface area contributed by atoms with Crippen molar-refractivity contribution in [2.75, 3.05) is 20.0 Å². The zero-order valence-corrected chi connectivity index (χ0v) is 20.7. The van der Waals surface area contributed by atoms with Gasteiger partial charge in [0.2, 0.25) is 6.79 Å². The second-order valence-corrected chi connectivity index (χ2v) is 10.7. The smallest absolute Gasteiger partial charge is 0.336 e. The molecular weight excluding hydrogens is 490 g/mol. The minimum absolute atomic E-state index is 0.0419. The van der Waals surface area contributed by atoms with Crippen LogP contribution < -0.4 is 14.8 Å². The number of allylic oxidation sites excluding steroid dienone is 3. The third-order valence-electron chi connectivity index (χ3n) is 6.69. The third kappa shape index (κ3) is 4.19. The van der Waals surface area contributed by atoms with Gasteiger partial charge in [-0.1, -0.05) is 29.8 Å². The summed E-state index contributed by atoms with van der Waals surface area (Å²) >= 11 is 3.65. The minimum atomic E-state index is -0.564. The molecule has 1 N–H and O–H groups in total. The lowest BCUT2D eigenvalue weighted by Crippen LogP contribution is -2.39. The fourth-order valence-corrected chi connectivity index (χ4v) is 5.75. The summed E-state index contributed by atoms with van der Waals surface area (Å²) in [6.07, 6.45) is 2.92. The van der Waals surface area contributed by atoms with Crippen LogP contribution >= 0.6 is 15.9 Å². The molecule has 0 radical (unpaired) electrons. The Balaban J connectivity index is 1.57. The van der Waals surface area contributed by atoms with E-state index in [9.17, 15) is 9.59 Å². The van der Waals surface area contributed by atoms with E-state index in [0.717, 1.165) is 35.0 Å². The number of halogens is 1. The Kier molecular flexibility index (Phi) is 5.77. The van der Waals surface area contributed by atoms with Gasteiger partial charge in [0.25, 0.3) is 0 Å². The first-order valence-corrected chi connectivity index (χ1v) is 12.1. The van der Waals surface area contributed by atoms with Gasteiger partial charge in [-0.25, -0.2) is 4.79 Å². The predicted octanol–water partition coefficient (Wildman–Crippen LogP) is 4.50. The summed E-state index contributed by atoms with van der Waals surface area (Å²) in [6, 6.07) is 3.70. The quantitative estimate of drug-likeness (QED) is 0.588. The van der Waals surface area contributed by atoms with E-state index >= 15 is 0 Å². The summed E-state index contributed by atoms with van der Waals surface area (Å²) < 4.78 is 23.2. The average Bonchev–Trinajstić information content (AvgIpc) is 3.41. The van der Waals surface area contributed by atoms with Crippen molar-refractivity contribution in [3.63, 3.8) is 0 Å². The third-order valence-corrected chi connectivity index (χ3v) is 7.37. The molecule has 5 rings (SSSR count). The van der Waals surface area contributed by atoms with E-state index in [-0.39, 0.29) is 30.7 Å². The molecule has 1 aliphatic carbocycles. The van der Waals surface area contributed by atoms with Gasteiger partial charge in [0.15, 0.2) is 17.3 Å². The Morgan fingerprint density at radius 1 is 1.24 bits per heavy atom. The number of hydrogen-bond acceptors (Lipinski definition) is 7. The van der Waals surface area contributed by atoms with Gasteiger partial charge in [0, 0.05) is 40.4 Å². The zero-order valence-electron chi connectivity index (χ0n) is 19.1. The highest BCUT2D eigenvalue weighted by atomic mass is 79.9. The molecule has 3 aliphatic heterocycles. The Morgan fingerprint density at radius 2 is 2.00 bits per heavy atom. The highest BCUT2D eigenvalue weighted by Gasteiger charge is 2.44. The lowest BCUT2D eigenvalue weighted by Gasteiger charge is -2.39. The zero-order chi connectivity index (χ0) is 23.3. The fourth-order valence-electron chi connectivity index (χ4n) is 5.19. The Hall–Kier alpha value is -2.32. The molecule has 0 amide bonds. The van der Waals surface area contributed by atoms with E-state index in [1.165, 1.54) is 0 Å². The summed E-state index contributed by atoms with van der Waals surface area (Å²) in [6.45, 7) is 7.09. The van der Waals surface area contributed by atoms with E-state index < -0.39 is 11.9 Å². The van der Waals surface area contributed by atoms with Crippen LogP contribution in [-0.4, -0.2) is 37.9 Å². The summed E-state index contributed by atoms with van der Waals surface area (Å²) in [5, 5.41) is 3.37. The topological polar surface area (TPSA) is 83.1 Å². The maximum absolute atomic E-state index is 13.5. The molecular formula is C25H28BrNO6. The van der Waals surface area contributed by atoms with Crippen molar-refractivity contribution in [3.8, 4) is 11.5 Å². The number of ether oxygens (including phenoxy) is 4. The molecule has 0 aromatic heterocycles. The number of nitrogens with one attached hydrogen (secondary N) is 1. The van der Waals surface area contributed by atoms with Gasteiger partial charge in [0.1, 0.15) is 6.61 Å². The molecule has 4 aliphatic rings. The highest BCUT2D eigenvalue weighted by Crippen LogP contribution is 2.50. The second kappa shape index (κ2) is 8.47. The minimum Gasteiger partial charge on any atom is -0.459 e. The number of rotatable bonds is 4. The van der Waals surface area contributed by atoms with Gasteiger partial charge in [0.05, 0.1) is 11.7 Å². The fraction of sp³-hybridized carbons (Fsp3) is 0.520. The number of Topliss-reactive ketones (excluding diaryl/α,β-unsaturated/α-hetero) is 1. The Labute approximate surface area is 201 Å². The number of esters is 1. The first-order chi connectivity index (χ1) is 15.7. The van der Waals surface area contributed by atoms with Crippen LogP contribution in [0.2, 0.25) is 0 Å². The summed E-state index contributed by atoms with van der Waals surface area (Å²) in [7, 11) is 0. The number of dihydropyridines is 1. The molecule has 1 fully saturated rings. The van der Waals surface area contributed by atoms with Crippen molar-refractivity contribution in [1.82, 2.24) is 5.32 Å². The highest BCUT2D eigenvalue weighted by molar-refractivity contribution is 9.10. The molecule has 0 unspecified atom stereocenters. The van der Waals surface area contributed by atoms with Crippen LogP contribution in [0, 0.1) is 5.41 Å². The molecule has 0 spiro atoms. The monoisotopic (exact) mass is 517 g/mol. The molecule has 8 heteroatoms. The summed E-state index contributed by atoms with van der Waals surface area (Å²) in [5.41, 5.74) is 3.27. The van der Waals surface area contributed by atoms with Crippen molar-refractivity contribution in [2.45, 2.75) is 58.5 Å². The molecule has 7 nitrogen and oxygen atoms in total. The molecule has 0 bridgehead atoms. The maximum Gasteiger partial charge on any atom is 0.336 e. The SMILES string of the molecule is CC1=C(C(=O)OC[C@@H]2CCCO2)[C@@H](c2cc3c(cc2Br)OCO3)C2=C(CC(C)(C)CC2=O)N1. The van der Waals surface area contributed by atoms with Crippen LogP contribution in [0.4, 0.5) is 0 Å². The van der Waals surface area contributed by atoms with E-state index in [2.05, 4.69) is 35.1 Å². The van der Waals surface area contributed by atoms with Crippen LogP contribution in [0.25, 0.3) is 0 Å². The standard InChI is InChI=1S/C25H28BrNO6/c1-13-21(24(29)31-11-14-5-4-6-30-14)22(15-7-19-20(8-16(15)26)33-12-32-19)23-17(27-13)9-25(2,3)10-18(23)28/h7-8,14,22,27H,4-6,9-12H2,1-3H3/t14-,22+/m0/s1. The molecule has 3 heterocycles. The molecule has 1 saturated heterocycles. The number of fused-ring (bicyclic) bond motifs is 1. The number of carbonyl (C=O) groups is 2. The van der Waals surface area contributed by atoms with Gasteiger partial charge in [-0.05, 0) is 49.3 Å². The van der Waals surface area contributed by atoms with Crippen molar-refractivity contribution in [1.29, 1.82) is 0 Å². The maximum atomic E-state index is 13.5. The molecule has 2 atom stereocenters. The first kappa shape index (κ1) is 22.5. The average molecular weight is 518 g/mol. The van der Waals surface area contributed by atoms with Crippen LogP contribution in [0.15, 0.2) is 39.1 Å². The van der Waals surface area contributed by atoms with Gasteiger partial charge in [-0.2, -0.15) is 0 Å². The van der Waals surface area contributed by atoms with Crippen LogP contribution in [-0.2, 0) is 19.1 Å². The van der Waals surface area contributed by atoms with Crippen molar-refractivity contribution < 1.29 is 28.5 Å². The lowest BCUT2D eigenvalue weighted by molar-refractivity contribution is -0.142. The van der Waals surface area contributed by atoms with Crippen LogP contribution in [0.5, 0.6) is 11.5 Å². The van der Waals surface area contributed by atoms with E-state index in [0.29, 0.717) is 41.4 Å². The van der Waals surface area contributed by atoms with Crippen LogP contribution in [0.1, 0.15) is 57.9 Å². The van der Waals surface area contributed by atoms with Crippen molar-refractivity contribution in [2.24, 2.45) is 5.41 Å². The second-order valence-electron chi connectivity index (χ2n) is 9.89. The molecule has 0 saturated carbocycles. The normalized spacial score (nSPS) is 25.8. The summed E-state index contributed by atoms with van der Waals surface area (Å²) in [5.74, 6) is 0.274. The van der Waals surface area contributed by atoms with E-state index in [1.807, 2.05) is 19.1 Å². The largest absolute Gasteiger partial charge is 0.459 e. The molecule has 1 aromatic carbocycles. The number of carbonyl (C=O) groups excluding carboxylic acids is 2. The molecule has 1 aromatic rings. The number of hydrogen-bond donors (Lipinski definition) is 1. The predicted molar refractivity (Wildman–Crippen MR) is 124 cm³/mol. The first-order valence-electron chi connectivity index (χ1n) is 11.4. The van der Waals surface area contributed by atoms with Gasteiger partial charge in [-0.15, -0.1) is 0 Å². The molecule has 176 valence electrons. The number of ketones is 1. The lowest BCUT2D eigenvalue weighted by atomic mass is 9.68. The molecule has 33 heavy (non-hydrogen) atoms. The van der Waals surface area contributed by atoms with E-state index in [1.54, 1.807) is 0 Å². The van der Waals surface area contributed by atoms with Gasteiger partial charge < -0.3 is 24.3 Å². The Morgan fingerprint density at radius 3 is 2.73 bits per heavy atom. The van der Waals surface area contributed by atoms with Crippen molar-refractivity contribution in [3.05, 3.63) is 44.7 Å². The van der Waals surface area contributed by atoms with E-state index in [4.69, 9.17) is 18.9 Å².